The number of nitrogens with two attached hydrogens (primary N) is 1. The second-order valence-electron chi connectivity index (χ2n) is 4.62. The molecule has 0 unspecified atom stereocenters. The fraction of sp³-hybridized carbons (Fsp3) is 0.286. The van der Waals surface area contributed by atoms with Crippen LogP contribution in [-0.4, -0.2) is 29.2 Å². The summed E-state index contributed by atoms with van der Waals surface area (Å²) in [7, 11) is -3.69. The van der Waals surface area contributed by atoms with Crippen molar-refractivity contribution < 1.29 is 8.42 Å². The highest BCUT2D eigenvalue weighted by atomic mass is 32.2. The number of anilines is 1. The van der Waals surface area contributed by atoms with Crippen molar-refractivity contribution in [1.82, 2.24) is 14.3 Å². The number of hydrogen-bond donors (Lipinski definition) is 1. The molecule has 2 aromatic rings. The van der Waals surface area contributed by atoms with Crippen LogP contribution in [0.15, 0.2) is 41.6 Å². The van der Waals surface area contributed by atoms with Crippen LogP contribution in [0.1, 0.15) is 18.3 Å². The van der Waals surface area contributed by atoms with Crippen molar-refractivity contribution in [1.29, 1.82) is 0 Å². The van der Waals surface area contributed by atoms with E-state index in [4.69, 9.17) is 5.73 Å². The van der Waals surface area contributed by atoms with E-state index in [2.05, 4.69) is 9.97 Å². The molecule has 0 saturated carbocycles. The van der Waals surface area contributed by atoms with E-state index in [9.17, 15) is 8.42 Å². The van der Waals surface area contributed by atoms with Gasteiger partial charge in [-0.3, -0.25) is 9.97 Å². The molecular formula is C14H18N4O2S. The van der Waals surface area contributed by atoms with Gasteiger partial charge in [-0.25, -0.2) is 8.42 Å². The molecule has 0 aliphatic carbocycles. The maximum absolute atomic E-state index is 12.7. The standard InChI is InChI=1S/C14H18N4O2S/c1-3-18(10-12-6-4-5-11(2)17-12)21(19,20)14-9-16-8-7-13(14)15/h4-9H,3,10H2,1-2H3,(H2,15,16). The first-order chi connectivity index (χ1) is 9.95. The van der Waals surface area contributed by atoms with Crippen molar-refractivity contribution >= 4 is 15.7 Å². The van der Waals surface area contributed by atoms with E-state index in [1.165, 1.54) is 22.8 Å². The van der Waals surface area contributed by atoms with Crippen LogP contribution in [0.4, 0.5) is 5.69 Å². The lowest BCUT2D eigenvalue weighted by atomic mass is 10.3. The first-order valence-electron chi connectivity index (χ1n) is 6.57. The predicted octanol–water partition coefficient (Wildman–Crippen LogP) is 1.58. The van der Waals surface area contributed by atoms with E-state index >= 15 is 0 Å². The number of rotatable bonds is 5. The van der Waals surface area contributed by atoms with Gasteiger partial charge in [-0.2, -0.15) is 4.31 Å². The van der Waals surface area contributed by atoms with Crippen LogP contribution in [0.2, 0.25) is 0 Å². The number of nitrogen functional groups attached to an aromatic ring is 1. The quantitative estimate of drug-likeness (QED) is 0.906. The smallest absolute Gasteiger partial charge is 0.247 e. The third-order valence-electron chi connectivity index (χ3n) is 3.07. The van der Waals surface area contributed by atoms with Crippen LogP contribution in [-0.2, 0) is 16.6 Å². The first-order valence-corrected chi connectivity index (χ1v) is 8.01. The van der Waals surface area contributed by atoms with Gasteiger partial charge in [-0.05, 0) is 25.1 Å². The zero-order valence-electron chi connectivity index (χ0n) is 12.0. The Morgan fingerprint density at radius 3 is 2.67 bits per heavy atom. The average Bonchev–Trinajstić information content (AvgIpc) is 2.45. The zero-order valence-corrected chi connectivity index (χ0v) is 12.8. The Bertz CT molecular complexity index is 731. The molecule has 0 amide bonds. The highest BCUT2D eigenvalue weighted by molar-refractivity contribution is 7.89. The molecule has 112 valence electrons. The van der Waals surface area contributed by atoms with Crippen LogP contribution in [0, 0.1) is 6.92 Å². The van der Waals surface area contributed by atoms with Crippen LogP contribution in [0.25, 0.3) is 0 Å². The normalized spacial score (nSPS) is 11.8. The number of nitrogens with zero attached hydrogens (tertiary/aromatic N) is 3. The molecule has 0 atom stereocenters. The molecule has 7 heteroatoms. The summed E-state index contributed by atoms with van der Waals surface area (Å²) >= 11 is 0. The molecule has 0 aliphatic heterocycles. The largest absolute Gasteiger partial charge is 0.398 e. The van der Waals surface area contributed by atoms with Crippen LogP contribution in [0.5, 0.6) is 0 Å². The number of hydrogen-bond acceptors (Lipinski definition) is 5. The fourth-order valence-electron chi connectivity index (χ4n) is 1.98. The lowest BCUT2D eigenvalue weighted by Crippen LogP contribution is -2.31. The van der Waals surface area contributed by atoms with Crippen LogP contribution < -0.4 is 5.73 Å². The molecule has 21 heavy (non-hydrogen) atoms. The van der Waals surface area contributed by atoms with Gasteiger partial charge in [0.2, 0.25) is 10.0 Å². The van der Waals surface area contributed by atoms with Gasteiger partial charge in [0, 0.05) is 24.6 Å². The molecule has 2 N–H and O–H groups in total. The molecule has 0 radical (unpaired) electrons. The van der Waals surface area contributed by atoms with E-state index < -0.39 is 10.0 Å². The van der Waals surface area contributed by atoms with E-state index in [1.807, 2.05) is 19.1 Å². The second-order valence-corrected chi connectivity index (χ2v) is 6.52. The van der Waals surface area contributed by atoms with Gasteiger partial charge in [-0.1, -0.05) is 13.0 Å². The topological polar surface area (TPSA) is 89.2 Å². The van der Waals surface area contributed by atoms with Crippen molar-refractivity contribution in [3.8, 4) is 0 Å². The van der Waals surface area contributed by atoms with Gasteiger partial charge >= 0.3 is 0 Å². The van der Waals surface area contributed by atoms with Gasteiger partial charge in [0.05, 0.1) is 17.9 Å². The van der Waals surface area contributed by atoms with Gasteiger partial charge in [0.1, 0.15) is 4.90 Å². The molecule has 0 aliphatic rings. The summed E-state index contributed by atoms with van der Waals surface area (Å²) in [5, 5.41) is 0. The van der Waals surface area contributed by atoms with Crippen LogP contribution in [0.3, 0.4) is 0 Å². The summed E-state index contributed by atoms with van der Waals surface area (Å²) in [5.41, 5.74) is 7.50. The minimum Gasteiger partial charge on any atom is -0.398 e. The molecule has 0 spiro atoms. The van der Waals surface area contributed by atoms with E-state index in [1.54, 1.807) is 13.0 Å². The minimum absolute atomic E-state index is 0.0273. The molecule has 6 nitrogen and oxygen atoms in total. The fourth-order valence-corrected chi connectivity index (χ4v) is 3.46. The Morgan fingerprint density at radius 2 is 2.05 bits per heavy atom. The molecule has 0 bridgehead atoms. The summed E-state index contributed by atoms with van der Waals surface area (Å²) in [5.74, 6) is 0. The van der Waals surface area contributed by atoms with Gasteiger partial charge in [0.15, 0.2) is 0 Å². The van der Waals surface area contributed by atoms with E-state index in [-0.39, 0.29) is 17.1 Å². The Kier molecular flexibility index (Phi) is 4.54. The predicted molar refractivity (Wildman–Crippen MR) is 80.9 cm³/mol. The summed E-state index contributed by atoms with van der Waals surface area (Å²) in [6, 6.07) is 7.01. The Labute approximate surface area is 124 Å². The maximum Gasteiger partial charge on any atom is 0.247 e. The van der Waals surface area contributed by atoms with Gasteiger partial charge in [-0.15, -0.1) is 0 Å². The lowest BCUT2D eigenvalue weighted by Gasteiger charge is -2.20. The third kappa shape index (κ3) is 3.37. The molecule has 0 saturated heterocycles. The summed E-state index contributed by atoms with van der Waals surface area (Å²) in [4.78, 5) is 8.21. The SMILES string of the molecule is CCN(Cc1cccc(C)n1)S(=O)(=O)c1cnccc1N. The van der Waals surface area contributed by atoms with Crippen molar-refractivity contribution in [3.05, 3.63) is 48.0 Å². The summed E-state index contributed by atoms with van der Waals surface area (Å²) in [6.45, 7) is 4.18. The van der Waals surface area contributed by atoms with Crippen LogP contribution >= 0.6 is 0 Å². The van der Waals surface area contributed by atoms with Gasteiger partial charge < -0.3 is 5.73 Å². The molecule has 0 fully saturated rings. The van der Waals surface area contributed by atoms with Crippen molar-refractivity contribution in [2.45, 2.75) is 25.3 Å². The van der Waals surface area contributed by atoms with E-state index in [0.29, 0.717) is 12.2 Å². The van der Waals surface area contributed by atoms with Gasteiger partial charge in [0.25, 0.3) is 0 Å². The first kappa shape index (κ1) is 15.4. The van der Waals surface area contributed by atoms with Crippen molar-refractivity contribution in [3.63, 3.8) is 0 Å². The lowest BCUT2D eigenvalue weighted by molar-refractivity contribution is 0.419. The maximum atomic E-state index is 12.7. The highest BCUT2D eigenvalue weighted by Crippen LogP contribution is 2.22. The molecule has 2 aromatic heterocycles. The number of aryl methyl sites for hydroxylation is 1. The molecule has 2 rings (SSSR count). The van der Waals surface area contributed by atoms with Crippen molar-refractivity contribution in [2.24, 2.45) is 0 Å². The number of sulfonamides is 1. The second kappa shape index (κ2) is 6.19. The monoisotopic (exact) mass is 306 g/mol. The molecule has 2 heterocycles. The molecule has 0 aromatic carbocycles. The Morgan fingerprint density at radius 1 is 1.29 bits per heavy atom. The average molecular weight is 306 g/mol. The van der Waals surface area contributed by atoms with E-state index in [0.717, 1.165) is 5.69 Å². The minimum atomic E-state index is -3.69. The Hall–Kier alpha value is -1.99. The summed E-state index contributed by atoms with van der Waals surface area (Å²) < 4.78 is 26.6. The number of aromatic nitrogens is 2. The number of pyridine rings is 2. The zero-order chi connectivity index (χ0) is 15.5. The highest BCUT2D eigenvalue weighted by Gasteiger charge is 2.26. The summed E-state index contributed by atoms with van der Waals surface area (Å²) in [6.07, 6.45) is 2.74. The third-order valence-corrected chi connectivity index (χ3v) is 5.04. The Balaban J connectivity index is 2.35. The molecular weight excluding hydrogens is 288 g/mol. The van der Waals surface area contributed by atoms with Crippen molar-refractivity contribution in [2.75, 3.05) is 12.3 Å².